The third kappa shape index (κ3) is 13.6. The fraction of sp³-hybridized carbons (Fsp3) is 0.750. The van der Waals surface area contributed by atoms with Crippen LogP contribution < -0.4 is 10.6 Å². The Kier molecular flexibility index (Phi) is 17.6. The Morgan fingerprint density at radius 3 is 2.65 bits per heavy atom. The van der Waals surface area contributed by atoms with Gasteiger partial charge in [0.1, 0.15) is 0 Å². The van der Waals surface area contributed by atoms with Gasteiger partial charge in [0.15, 0.2) is 5.96 Å². The van der Waals surface area contributed by atoms with Gasteiger partial charge in [0.05, 0.1) is 0 Å². The normalized spacial score (nSPS) is 10.6. The molecule has 102 valence electrons. The maximum atomic E-state index is 4.99. The van der Waals surface area contributed by atoms with E-state index < -0.39 is 0 Å². The van der Waals surface area contributed by atoms with E-state index in [9.17, 15) is 0 Å². The van der Waals surface area contributed by atoms with E-state index in [2.05, 4.69) is 29.1 Å². The van der Waals surface area contributed by atoms with Crippen molar-refractivity contribution < 1.29 is 4.74 Å². The predicted octanol–water partition coefficient (Wildman–Crippen LogP) is 2.16. The fourth-order valence-corrected chi connectivity index (χ4v) is 1.24. The van der Waals surface area contributed by atoms with Crippen molar-refractivity contribution in [2.75, 3.05) is 33.4 Å². The Labute approximate surface area is 122 Å². The second-order valence-corrected chi connectivity index (χ2v) is 3.48. The maximum absolute atomic E-state index is 4.99. The van der Waals surface area contributed by atoms with Crippen LogP contribution in [0.15, 0.2) is 17.6 Å². The van der Waals surface area contributed by atoms with Crippen molar-refractivity contribution in [2.24, 2.45) is 4.99 Å². The molecular weight excluding hydrogens is 329 g/mol. The summed E-state index contributed by atoms with van der Waals surface area (Å²) in [6.45, 7) is 9.05. The molecule has 17 heavy (non-hydrogen) atoms. The molecule has 4 nitrogen and oxygen atoms in total. The van der Waals surface area contributed by atoms with Gasteiger partial charge < -0.3 is 15.4 Å². The molecule has 0 saturated carbocycles. The summed E-state index contributed by atoms with van der Waals surface area (Å²) in [6.07, 6.45) is 5.21. The van der Waals surface area contributed by atoms with Gasteiger partial charge in [-0.25, -0.2) is 0 Å². The SMILES string of the molecule is C=CCNC(=NCCCCCOC)NCC.I. The van der Waals surface area contributed by atoms with Crippen molar-refractivity contribution in [1.29, 1.82) is 0 Å². The first-order valence-corrected chi connectivity index (χ1v) is 5.97. The third-order valence-corrected chi connectivity index (χ3v) is 2.03. The van der Waals surface area contributed by atoms with Crippen molar-refractivity contribution in [3.63, 3.8) is 0 Å². The highest BCUT2D eigenvalue weighted by atomic mass is 127. The fourth-order valence-electron chi connectivity index (χ4n) is 1.24. The minimum absolute atomic E-state index is 0. The molecule has 0 aliphatic carbocycles. The highest BCUT2D eigenvalue weighted by Crippen LogP contribution is 1.95. The van der Waals surface area contributed by atoms with Gasteiger partial charge in [0.2, 0.25) is 0 Å². The van der Waals surface area contributed by atoms with E-state index in [0.717, 1.165) is 51.5 Å². The average Bonchev–Trinajstić information content (AvgIpc) is 2.30. The molecule has 2 N–H and O–H groups in total. The van der Waals surface area contributed by atoms with Crippen molar-refractivity contribution in [3.8, 4) is 0 Å². The van der Waals surface area contributed by atoms with Gasteiger partial charge >= 0.3 is 0 Å². The molecule has 0 aromatic heterocycles. The molecule has 0 atom stereocenters. The van der Waals surface area contributed by atoms with Crippen LogP contribution in [0.1, 0.15) is 26.2 Å². The van der Waals surface area contributed by atoms with E-state index in [1.54, 1.807) is 7.11 Å². The Hall–Kier alpha value is -0.300. The summed E-state index contributed by atoms with van der Waals surface area (Å²) in [7, 11) is 1.74. The first kappa shape index (κ1) is 19.0. The van der Waals surface area contributed by atoms with Gasteiger partial charge in [-0.05, 0) is 26.2 Å². The van der Waals surface area contributed by atoms with E-state index >= 15 is 0 Å². The number of nitrogens with one attached hydrogen (secondary N) is 2. The van der Waals surface area contributed by atoms with Crippen LogP contribution in [0.25, 0.3) is 0 Å². The summed E-state index contributed by atoms with van der Waals surface area (Å²) < 4.78 is 4.99. The molecule has 0 saturated heterocycles. The molecule has 0 rings (SSSR count). The zero-order valence-corrected chi connectivity index (χ0v) is 13.3. The molecule has 0 unspecified atom stereocenters. The van der Waals surface area contributed by atoms with Crippen LogP contribution in [0.4, 0.5) is 0 Å². The topological polar surface area (TPSA) is 45.7 Å². The molecular formula is C12H26IN3O. The lowest BCUT2D eigenvalue weighted by Gasteiger charge is -2.09. The summed E-state index contributed by atoms with van der Waals surface area (Å²) in [5.41, 5.74) is 0. The minimum Gasteiger partial charge on any atom is -0.385 e. The number of hydrogen-bond donors (Lipinski definition) is 2. The Balaban J connectivity index is 0. The predicted molar refractivity (Wildman–Crippen MR) is 85.3 cm³/mol. The number of nitrogens with zero attached hydrogens (tertiary/aromatic N) is 1. The van der Waals surface area contributed by atoms with Crippen LogP contribution in [-0.2, 0) is 4.74 Å². The van der Waals surface area contributed by atoms with Crippen LogP contribution in [0.3, 0.4) is 0 Å². The van der Waals surface area contributed by atoms with Gasteiger partial charge in [-0.3, -0.25) is 4.99 Å². The number of aliphatic imine (C=N–C) groups is 1. The summed E-state index contributed by atoms with van der Waals surface area (Å²) in [4.78, 5) is 4.45. The molecule has 0 aromatic rings. The molecule has 0 fully saturated rings. The van der Waals surface area contributed by atoms with Gasteiger partial charge in [-0.15, -0.1) is 30.6 Å². The first-order valence-electron chi connectivity index (χ1n) is 5.97. The molecule has 0 heterocycles. The number of halogens is 1. The minimum atomic E-state index is 0. The number of hydrogen-bond acceptors (Lipinski definition) is 2. The van der Waals surface area contributed by atoms with Crippen molar-refractivity contribution >= 4 is 29.9 Å². The molecule has 0 aliphatic rings. The second-order valence-electron chi connectivity index (χ2n) is 3.48. The van der Waals surface area contributed by atoms with E-state index in [0.29, 0.717) is 0 Å². The van der Waals surface area contributed by atoms with Crippen LogP contribution >= 0.6 is 24.0 Å². The monoisotopic (exact) mass is 355 g/mol. The number of unbranched alkanes of at least 4 members (excludes halogenated alkanes) is 2. The van der Waals surface area contributed by atoms with Crippen LogP contribution in [-0.4, -0.2) is 39.3 Å². The summed E-state index contributed by atoms with van der Waals surface area (Å²) in [5, 5.41) is 6.35. The molecule has 0 bridgehead atoms. The number of ether oxygens (including phenoxy) is 1. The molecule has 0 aliphatic heterocycles. The van der Waals surface area contributed by atoms with Crippen LogP contribution in [0.5, 0.6) is 0 Å². The first-order chi connectivity index (χ1) is 7.85. The Morgan fingerprint density at radius 2 is 2.06 bits per heavy atom. The van der Waals surface area contributed by atoms with Gasteiger partial charge in [-0.2, -0.15) is 0 Å². The lowest BCUT2D eigenvalue weighted by Crippen LogP contribution is -2.37. The number of methoxy groups -OCH3 is 1. The average molecular weight is 355 g/mol. The molecule has 0 spiro atoms. The van der Waals surface area contributed by atoms with E-state index in [-0.39, 0.29) is 24.0 Å². The third-order valence-electron chi connectivity index (χ3n) is 2.03. The smallest absolute Gasteiger partial charge is 0.191 e. The number of rotatable bonds is 9. The molecule has 5 heteroatoms. The summed E-state index contributed by atoms with van der Waals surface area (Å²) >= 11 is 0. The van der Waals surface area contributed by atoms with Gasteiger partial charge in [-0.1, -0.05) is 6.08 Å². The second kappa shape index (κ2) is 15.7. The summed E-state index contributed by atoms with van der Waals surface area (Å²) in [6, 6.07) is 0. The summed E-state index contributed by atoms with van der Waals surface area (Å²) in [5.74, 6) is 0.870. The van der Waals surface area contributed by atoms with Crippen molar-refractivity contribution in [2.45, 2.75) is 26.2 Å². The lowest BCUT2D eigenvalue weighted by atomic mass is 10.2. The van der Waals surface area contributed by atoms with Gasteiger partial charge in [0.25, 0.3) is 0 Å². The van der Waals surface area contributed by atoms with Crippen LogP contribution in [0, 0.1) is 0 Å². The zero-order valence-electron chi connectivity index (χ0n) is 11.0. The zero-order chi connectivity index (χ0) is 12.1. The highest BCUT2D eigenvalue weighted by molar-refractivity contribution is 14.0. The molecule has 0 radical (unpaired) electrons. The lowest BCUT2D eigenvalue weighted by molar-refractivity contribution is 0.192. The van der Waals surface area contributed by atoms with Crippen molar-refractivity contribution in [3.05, 3.63) is 12.7 Å². The van der Waals surface area contributed by atoms with E-state index in [1.807, 2.05) is 6.08 Å². The largest absolute Gasteiger partial charge is 0.385 e. The molecule has 0 amide bonds. The quantitative estimate of drug-likeness (QED) is 0.219. The number of guanidine groups is 1. The highest BCUT2D eigenvalue weighted by Gasteiger charge is 1.94. The van der Waals surface area contributed by atoms with E-state index in [1.165, 1.54) is 0 Å². The van der Waals surface area contributed by atoms with Gasteiger partial charge in [0, 0.05) is 33.4 Å². The van der Waals surface area contributed by atoms with E-state index in [4.69, 9.17) is 4.74 Å². The standard InChI is InChI=1S/C12H25N3O.HI/c1-4-9-14-12(13-5-2)15-10-7-6-8-11-16-3;/h4H,1,5-11H2,2-3H3,(H2,13,14,15);1H. The molecule has 0 aromatic carbocycles. The Bertz CT molecular complexity index is 198. The Morgan fingerprint density at radius 1 is 1.29 bits per heavy atom. The van der Waals surface area contributed by atoms with Crippen molar-refractivity contribution in [1.82, 2.24) is 10.6 Å². The maximum Gasteiger partial charge on any atom is 0.191 e. The van der Waals surface area contributed by atoms with Crippen LogP contribution in [0.2, 0.25) is 0 Å².